The second-order valence-corrected chi connectivity index (χ2v) is 6.99. The highest BCUT2D eigenvalue weighted by Crippen LogP contribution is 2.43. The van der Waals surface area contributed by atoms with Crippen LogP contribution in [0, 0.1) is 18.3 Å². The van der Waals surface area contributed by atoms with E-state index in [4.69, 9.17) is 4.74 Å². The first-order valence-corrected chi connectivity index (χ1v) is 7.78. The van der Waals surface area contributed by atoms with Gasteiger partial charge in [-0.15, -0.1) is 0 Å². The maximum atomic E-state index is 5.32. The molecule has 1 aromatic carbocycles. The molecule has 1 unspecified atom stereocenters. The molecule has 1 saturated carbocycles. The fraction of sp³-hybridized carbons (Fsp3) is 0.667. The van der Waals surface area contributed by atoms with Crippen LogP contribution in [0.3, 0.4) is 0 Å². The fourth-order valence-electron chi connectivity index (χ4n) is 3.52. The molecule has 112 valence electrons. The molecule has 1 atom stereocenters. The maximum Gasteiger partial charge on any atom is 0.119 e. The van der Waals surface area contributed by atoms with Crippen molar-refractivity contribution >= 4 is 0 Å². The van der Waals surface area contributed by atoms with Crippen molar-refractivity contribution in [2.75, 3.05) is 14.2 Å². The highest BCUT2D eigenvalue weighted by atomic mass is 16.5. The van der Waals surface area contributed by atoms with Gasteiger partial charge >= 0.3 is 0 Å². The maximum absolute atomic E-state index is 5.32. The molecule has 0 radical (unpaired) electrons. The highest BCUT2D eigenvalue weighted by molar-refractivity contribution is 5.37. The van der Waals surface area contributed by atoms with Crippen LogP contribution in [-0.4, -0.2) is 14.2 Å². The Morgan fingerprint density at radius 1 is 1.25 bits per heavy atom. The molecule has 0 aliphatic heterocycles. The van der Waals surface area contributed by atoms with E-state index in [1.54, 1.807) is 7.11 Å². The quantitative estimate of drug-likeness (QED) is 0.874. The molecule has 1 fully saturated rings. The lowest BCUT2D eigenvalue weighted by molar-refractivity contribution is 0.164. The van der Waals surface area contributed by atoms with Gasteiger partial charge in [0.1, 0.15) is 5.75 Å². The first-order valence-electron chi connectivity index (χ1n) is 7.78. The third-order valence-electron chi connectivity index (χ3n) is 4.98. The van der Waals surface area contributed by atoms with E-state index in [2.05, 4.69) is 51.3 Å². The number of methoxy groups -OCH3 is 1. The monoisotopic (exact) mass is 275 g/mol. The largest absolute Gasteiger partial charge is 0.497 e. The third kappa shape index (κ3) is 3.35. The predicted octanol–water partition coefficient (Wildman–Crippen LogP) is 4.48. The van der Waals surface area contributed by atoms with E-state index in [-0.39, 0.29) is 0 Å². The minimum absolute atomic E-state index is 0.469. The number of benzene rings is 1. The Kier molecular flexibility index (Phi) is 4.74. The van der Waals surface area contributed by atoms with Gasteiger partial charge in [-0.25, -0.2) is 0 Å². The van der Waals surface area contributed by atoms with Crippen LogP contribution in [0.1, 0.15) is 56.7 Å². The normalized spacial score (nSPS) is 20.6. The van der Waals surface area contributed by atoms with Gasteiger partial charge in [0.2, 0.25) is 0 Å². The van der Waals surface area contributed by atoms with Crippen molar-refractivity contribution in [3.63, 3.8) is 0 Å². The van der Waals surface area contributed by atoms with Crippen molar-refractivity contribution in [3.8, 4) is 5.75 Å². The molecule has 0 heterocycles. The van der Waals surface area contributed by atoms with Gasteiger partial charge < -0.3 is 10.1 Å². The van der Waals surface area contributed by atoms with Crippen LogP contribution >= 0.6 is 0 Å². The van der Waals surface area contributed by atoms with E-state index in [1.165, 1.54) is 36.8 Å². The van der Waals surface area contributed by atoms with Crippen LogP contribution < -0.4 is 10.1 Å². The van der Waals surface area contributed by atoms with Gasteiger partial charge in [-0.3, -0.25) is 0 Å². The summed E-state index contributed by atoms with van der Waals surface area (Å²) in [5, 5.41) is 3.55. The van der Waals surface area contributed by atoms with E-state index in [0.29, 0.717) is 11.5 Å². The molecule has 0 bridgehead atoms. The molecule has 1 aliphatic rings. The lowest BCUT2D eigenvalue weighted by Crippen LogP contribution is -2.31. The van der Waals surface area contributed by atoms with Crippen molar-refractivity contribution < 1.29 is 4.74 Å². The topological polar surface area (TPSA) is 21.3 Å². The number of ether oxygens (including phenoxy) is 1. The summed E-state index contributed by atoms with van der Waals surface area (Å²) in [6.45, 7) is 6.99. The summed E-state index contributed by atoms with van der Waals surface area (Å²) in [5.74, 6) is 1.70. The van der Waals surface area contributed by atoms with E-state index >= 15 is 0 Å². The smallest absolute Gasteiger partial charge is 0.119 e. The SMILES string of the molecule is CNC(c1ccc(OC)cc1C)C1CCC(C)(C)CC1. The molecule has 0 amide bonds. The molecule has 0 spiro atoms. The summed E-state index contributed by atoms with van der Waals surface area (Å²) in [4.78, 5) is 0. The van der Waals surface area contributed by atoms with Gasteiger partial charge in [-0.05, 0) is 74.2 Å². The van der Waals surface area contributed by atoms with E-state index in [9.17, 15) is 0 Å². The highest BCUT2D eigenvalue weighted by Gasteiger charge is 2.31. The third-order valence-corrected chi connectivity index (χ3v) is 4.98. The zero-order chi connectivity index (χ0) is 14.8. The molecule has 2 nitrogen and oxygen atoms in total. The first-order chi connectivity index (χ1) is 9.46. The molecule has 2 rings (SSSR count). The molecule has 1 aromatic rings. The van der Waals surface area contributed by atoms with Gasteiger partial charge in [0.15, 0.2) is 0 Å². The zero-order valence-corrected chi connectivity index (χ0v) is 13.6. The van der Waals surface area contributed by atoms with E-state index in [0.717, 1.165) is 11.7 Å². The molecule has 2 heteroatoms. The van der Waals surface area contributed by atoms with Crippen molar-refractivity contribution in [1.82, 2.24) is 5.32 Å². The van der Waals surface area contributed by atoms with Crippen LogP contribution in [0.25, 0.3) is 0 Å². The lowest BCUT2D eigenvalue weighted by atomic mass is 9.70. The van der Waals surface area contributed by atoms with Crippen LogP contribution in [0.2, 0.25) is 0 Å². The number of hydrogen-bond acceptors (Lipinski definition) is 2. The van der Waals surface area contributed by atoms with Crippen LogP contribution in [0.5, 0.6) is 5.75 Å². The Balaban J connectivity index is 2.16. The minimum atomic E-state index is 0.469. The van der Waals surface area contributed by atoms with Crippen molar-refractivity contribution in [3.05, 3.63) is 29.3 Å². The second-order valence-electron chi connectivity index (χ2n) is 6.99. The summed E-state index contributed by atoms with van der Waals surface area (Å²) in [6.07, 6.45) is 5.32. The summed E-state index contributed by atoms with van der Waals surface area (Å²) >= 11 is 0. The van der Waals surface area contributed by atoms with Gasteiger partial charge in [-0.1, -0.05) is 19.9 Å². The summed E-state index contributed by atoms with van der Waals surface area (Å²) in [7, 11) is 3.82. The van der Waals surface area contributed by atoms with E-state index < -0.39 is 0 Å². The molecule has 0 aromatic heterocycles. The minimum Gasteiger partial charge on any atom is -0.497 e. The molecule has 1 N–H and O–H groups in total. The average Bonchev–Trinajstić information content (AvgIpc) is 2.42. The van der Waals surface area contributed by atoms with Gasteiger partial charge in [0.25, 0.3) is 0 Å². The number of nitrogens with one attached hydrogen (secondary N) is 1. The number of hydrogen-bond donors (Lipinski definition) is 1. The Labute approximate surface area is 123 Å². The van der Waals surface area contributed by atoms with Gasteiger partial charge in [-0.2, -0.15) is 0 Å². The molecule has 0 saturated heterocycles. The summed E-state index contributed by atoms with van der Waals surface area (Å²) < 4.78 is 5.32. The molecule has 20 heavy (non-hydrogen) atoms. The van der Waals surface area contributed by atoms with Crippen LogP contribution in [-0.2, 0) is 0 Å². The molecular formula is C18H29NO. The summed E-state index contributed by atoms with van der Waals surface area (Å²) in [6, 6.07) is 6.93. The molecule has 1 aliphatic carbocycles. The first kappa shape index (κ1) is 15.4. The number of rotatable bonds is 4. The van der Waals surface area contributed by atoms with Crippen LogP contribution in [0.15, 0.2) is 18.2 Å². The fourth-order valence-corrected chi connectivity index (χ4v) is 3.52. The van der Waals surface area contributed by atoms with Crippen LogP contribution in [0.4, 0.5) is 0 Å². The predicted molar refractivity (Wildman–Crippen MR) is 85.3 cm³/mol. The van der Waals surface area contributed by atoms with Crippen molar-refractivity contribution in [1.29, 1.82) is 0 Å². The Bertz CT molecular complexity index is 443. The van der Waals surface area contributed by atoms with Gasteiger partial charge in [0.05, 0.1) is 7.11 Å². The number of aryl methyl sites for hydroxylation is 1. The lowest BCUT2D eigenvalue weighted by Gasteiger charge is -2.38. The second kappa shape index (κ2) is 6.17. The Hall–Kier alpha value is -1.02. The van der Waals surface area contributed by atoms with Crippen molar-refractivity contribution in [2.24, 2.45) is 11.3 Å². The standard InChI is InChI=1S/C18H29NO/c1-13-12-15(20-5)6-7-16(13)17(19-4)14-8-10-18(2,3)11-9-14/h6-7,12,14,17,19H,8-11H2,1-5H3. The molecular weight excluding hydrogens is 246 g/mol. The summed E-state index contributed by atoms with van der Waals surface area (Å²) in [5.41, 5.74) is 3.29. The van der Waals surface area contributed by atoms with Crippen molar-refractivity contribution in [2.45, 2.75) is 52.5 Å². The Morgan fingerprint density at radius 3 is 2.40 bits per heavy atom. The average molecular weight is 275 g/mol. The van der Waals surface area contributed by atoms with E-state index in [1.807, 2.05) is 0 Å². The van der Waals surface area contributed by atoms with Gasteiger partial charge in [0, 0.05) is 6.04 Å². The Morgan fingerprint density at radius 2 is 1.90 bits per heavy atom. The zero-order valence-electron chi connectivity index (χ0n) is 13.6.